The largest absolute Gasteiger partial charge is 0.310 e. The van der Waals surface area contributed by atoms with E-state index in [1.807, 2.05) is 11.3 Å². The molecule has 0 unspecified atom stereocenters. The molecule has 284 valence electrons. The van der Waals surface area contributed by atoms with Gasteiger partial charge in [0.25, 0.3) is 0 Å². The highest BCUT2D eigenvalue weighted by atomic mass is 32.1. The molecule has 2 heteroatoms. The topological polar surface area (TPSA) is 3.24 Å². The number of fused-ring (bicyclic) bond motifs is 11. The van der Waals surface area contributed by atoms with Crippen LogP contribution in [0.25, 0.3) is 64.7 Å². The van der Waals surface area contributed by atoms with Crippen molar-refractivity contribution in [2.24, 2.45) is 0 Å². The fourth-order valence-electron chi connectivity index (χ4n) is 11.4. The van der Waals surface area contributed by atoms with Gasteiger partial charge in [0.05, 0.1) is 0 Å². The first kappa shape index (κ1) is 34.8. The highest BCUT2D eigenvalue weighted by molar-refractivity contribution is 7.26. The third kappa shape index (κ3) is 5.15. The molecule has 0 saturated heterocycles. The van der Waals surface area contributed by atoms with E-state index in [1.54, 1.807) is 0 Å². The molecule has 1 nitrogen and oxygen atoms in total. The fourth-order valence-corrected chi connectivity index (χ4v) is 12.6. The molecular weight excluding hydrogens is 731 g/mol. The van der Waals surface area contributed by atoms with Gasteiger partial charge in [-0.15, -0.1) is 11.3 Å². The third-order valence-corrected chi connectivity index (χ3v) is 15.3. The molecule has 3 aliphatic carbocycles. The maximum atomic E-state index is 2.55. The summed E-state index contributed by atoms with van der Waals surface area (Å²) < 4.78 is 2.69. The average Bonchev–Trinajstić information content (AvgIpc) is 3.88. The van der Waals surface area contributed by atoms with E-state index >= 15 is 0 Å². The number of hydrogen-bond acceptors (Lipinski definition) is 2. The molecule has 8 aromatic carbocycles. The Kier molecular flexibility index (Phi) is 7.75. The molecule has 1 spiro atoms. The SMILES string of the molecule is CC1(C)c2ccccc2-c2cccc(-c3cccc(N(c4ccc(-c5cccc6c5sc5ccccc56)cc4)c4ccc5c(c4)C4(CCCCC4)c4ccccc4-5)c3)c21. The molecule has 0 bridgehead atoms. The molecule has 12 rings (SSSR count). The highest BCUT2D eigenvalue weighted by Gasteiger charge is 2.44. The normalized spacial score (nSPS) is 15.6. The predicted octanol–water partition coefficient (Wildman–Crippen LogP) is 16.4. The van der Waals surface area contributed by atoms with Crippen LogP contribution in [0.2, 0.25) is 0 Å². The van der Waals surface area contributed by atoms with Gasteiger partial charge in [-0.05, 0) is 122 Å². The second kappa shape index (κ2) is 13.1. The molecule has 1 fully saturated rings. The minimum Gasteiger partial charge on any atom is -0.310 e. The lowest BCUT2D eigenvalue weighted by Gasteiger charge is -2.36. The molecule has 9 aromatic rings. The molecule has 0 radical (unpaired) electrons. The zero-order valence-corrected chi connectivity index (χ0v) is 34.5. The first-order valence-corrected chi connectivity index (χ1v) is 22.2. The van der Waals surface area contributed by atoms with Crippen molar-refractivity contribution in [3.8, 4) is 44.5 Å². The molecule has 0 atom stereocenters. The lowest BCUT2D eigenvalue weighted by molar-refractivity contribution is 0.353. The maximum Gasteiger partial charge on any atom is 0.0467 e. The van der Waals surface area contributed by atoms with Gasteiger partial charge in [0.15, 0.2) is 0 Å². The first-order chi connectivity index (χ1) is 29.0. The molecule has 0 N–H and O–H groups in total. The van der Waals surface area contributed by atoms with Crippen molar-refractivity contribution in [2.45, 2.75) is 56.8 Å². The molecular formula is C57H45NS. The number of benzene rings is 8. The lowest BCUT2D eigenvalue weighted by Crippen LogP contribution is -2.28. The first-order valence-electron chi connectivity index (χ1n) is 21.4. The van der Waals surface area contributed by atoms with Crippen molar-refractivity contribution in [3.63, 3.8) is 0 Å². The molecule has 0 amide bonds. The van der Waals surface area contributed by atoms with E-state index in [-0.39, 0.29) is 10.8 Å². The zero-order valence-electron chi connectivity index (χ0n) is 33.6. The van der Waals surface area contributed by atoms with Gasteiger partial charge in [-0.3, -0.25) is 0 Å². The van der Waals surface area contributed by atoms with E-state index in [1.165, 1.54) is 130 Å². The quantitative estimate of drug-likeness (QED) is 0.168. The van der Waals surface area contributed by atoms with Gasteiger partial charge in [0, 0.05) is 48.1 Å². The van der Waals surface area contributed by atoms with Crippen molar-refractivity contribution in [2.75, 3.05) is 4.90 Å². The Morgan fingerprint density at radius 3 is 1.88 bits per heavy atom. The van der Waals surface area contributed by atoms with E-state index < -0.39 is 0 Å². The fraction of sp³-hybridized carbons (Fsp3) is 0.158. The predicted molar refractivity (Wildman–Crippen MR) is 252 cm³/mol. The summed E-state index contributed by atoms with van der Waals surface area (Å²) >= 11 is 1.90. The average molecular weight is 776 g/mol. The standard InChI is InChI=1S/C57H45NS/c1-56(2)50-24-7-4-18-45(50)48-22-13-20-42(54(48)56)38-15-12-16-40(35-38)58(41-31-32-46-44-17-5-8-25-51(44)57(52(46)36-41)33-10-3-11-34-57)39-29-27-37(28-30-39)43-21-14-23-49-47-19-6-9-26-53(47)59-55(43)49/h4-9,12-32,35-36H,3,10-11,33-34H2,1-2H3. The van der Waals surface area contributed by atoms with E-state index in [0.29, 0.717) is 0 Å². The van der Waals surface area contributed by atoms with Crippen LogP contribution < -0.4 is 4.90 Å². The van der Waals surface area contributed by atoms with E-state index in [0.717, 1.165) is 5.69 Å². The summed E-state index contributed by atoms with van der Waals surface area (Å²) in [7, 11) is 0. The lowest BCUT2D eigenvalue weighted by atomic mass is 9.68. The van der Waals surface area contributed by atoms with Gasteiger partial charge >= 0.3 is 0 Å². The van der Waals surface area contributed by atoms with Crippen LogP contribution >= 0.6 is 11.3 Å². The van der Waals surface area contributed by atoms with Gasteiger partial charge in [-0.1, -0.05) is 167 Å². The Morgan fingerprint density at radius 1 is 0.424 bits per heavy atom. The minimum atomic E-state index is -0.103. The smallest absolute Gasteiger partial charge is 0.0467 e. The Bertz CT molecular complexity index is 3120. The van der Waals surface area contributed by atoms with E-state index in [2.05, 4.69) is 195 Å². The van der Waals surface area contributed by atoms with Crippen LogP contribution in [0.5, 0.6) is 0 Å². The summed E-state index contributed by atoms with van der Waals surface area (Å²) in [6, 6.07) is 66.7. The van der Waals surface area contributed by atoms with Gasteiger partial charge in [-0.2, -0.15) is 0 Å². The van der Waals surface area contributed by atoms with Gasteiger partial charge in [-0.25, -0.2) is 0 Å². The van der Waals surface area contributed by atoms with E-state index in [9.17, 15) is 0 Å². The van der Waals surface area contributed by atoms with Crippen LogP contribution in [0.4, 0.5) is 17.1 Å². The Hall–Kier alpha value is -6.22. The molecule has 3 aliphatic rings. The summed E-state index contributed by atoms with van der Waals surface area (Å²) in [5.74, 6) is 0. The molecule has 1 saturated carbocycles. The zero-order chi connectivity index (χ0) is 39.3. The second-order valence-corrected chi connectivity index (χ2v) is 18.6. The van der Waals surface area contributed by atoms with Crippen molar-refractivity contribution < 1.29 is 0 Å². The van der Waals surface area contributed by atoms with Crippen LogP contribution in [0.1, 0.15) is 68.2 Å². The van der Waals surface area contributed by atoms with Crippen LogP contribution in [-0.4, -0.2) is 0 Å². The number of thiophene rings is 1. The van der Waals surface area contributed by atoms with Crippen molar-refractivity contribution in [1.29, 1.82) is 0 Å². The molecule has 59 heavy (non-hydrogen) atoms. The second-order valence-electron chi connectivity index (χ2n) is 17.5. The summed E-state index contributed by atoms with van der Waals surface area (Å²) in [6.07, 6.45) is 6.31. The van der Waals surface area contributed by atoms with E-state index in [4.69, 9.17) is 0 Å². The summed E-state index contributed by atoms with van der Waals surface area (Å²) in [5.41, 5.74) is 20.0. The van der Waals surface area contributed by atoms with Crippen molar-refractivity contribution >= 4 is 48.6 Å². The number of hydrogen-bond donors (Lipinski definition) is 0. The van der Waals surface area contributed by atoms with Crippen LogP contribution in [-0.2, 0) is 10.8 Å². The van der Waals surface area contributed by atoms with Crippen LogP contribution in [0.15, 0.2) is 176 Å². The van der Waals surface area contributed by atoms with Gasteiger partial charge in [0.2, 0.25) is 0 Å². The Balaban J connectivity index is 1.02. The Labute approximate surface area is 351 Å². The maximum absolute atomic E-state index is 2.55. The van der Waals surface area contributed by atoms with Crippen molar-refractivity contribution in [1.82, 2.24) is 0 Å². The summed E-state index contributed by atoms with van der Waals surface area (Å²) in [6.45, 7) is 4.78. The number of nitrogens with zero attached hydrogens (tertiary/aromatic N) is 1. The monoisotopic (exact) mass is 775 g/mol. The molecule has 1 heterocycles. The third-order valence-electron chi connectivity index (χ3n) is 14.1. The Morgan fingerprint density at radius 2 is 1.03 bits per heavy atom. The molecule has 1 aromatic heterocycles. The number of anilines is 3. The minimum absolute atomic E-state index is 0.0751. The van der Waals surface area contributed by atoms with Crippen molar-refractivity contribution in [3.05, 3.63) is 198 Å². The molecule has 0 aliphatic heterocycles. The summed E-state index contributed by atoms with van der Waals surface area (Å²) in [5, 5.41) is 2.67. The van der Waals surface area contributed by atoms with Crippen LogP contribution in [0, 0.1) is 0 Å². The summed E-state index contributed by atoms with van der Waals surface area (Å²) in [4.78, 5) is 2.51. The van der Waals surface area contributed by atoms with Crippen LogP contribution in [0.3, 0.4) is 0 Å². The highest BCUT2D eigenvalue weighted by Crippen LogP contribution is 2.57. The number of rotatable bonds is 5. The van der Waals surface area contributed by atoms with Gasteiger partial charge in [0.1, 0.15) is 0 Å². The van der Waals surface area contributed by atoms with Gasteiger partial charge < -0.3 is 4.90 Å².